The molecule has 1 heterocycles. The second-order valence-corrected chi connectivity index (χ2v) is 12.4. The monoisotopic (exact) mass is 495 g/mol. The van der Waals surface area contributed by atoms with Gasteiger partial charge >= 0.3 is 190 Å². The molecule has 2 N–H and O–H groups in total. The molecule has 0 aliphatic carbocycles. The van der Waals surface area contributed by atoms with Crippen molar-refractivity contribution in [2.24, 2.45) is 5.73 Å². The van der Waals surface area contributed by atoms with Crippen molar-refractivity contribution in [2.45, 2.75) is 19.9 Å². The van der Waals surface area contributed by atoms with Crippen LogP contribution < -0.4 is 14.4 Å². The van der Waals surface area contributed by atoms with E-state index in [1.54, 1.807) is 16.4 Å². The number of nitrogens with two attached hydrogens (primary N) is 1. The van der Waals surface area contributed by atoms with Gasteiger partial charge in [-0.15, -0.1) is 0 Å². The third-order valence-electron chi connectivity index (χ3n) is 5.63. The van der Waals surface area contributed by atoms with Gasteiger partial charge in [-0.25, -0.2) is 0 Å². The Hall–Kier alpha value is -2.40. The summed E-state index contributed by atoms with van der Waals surface area (Å²) in [6.07, 6.45) is 2.03. The number of aryl methyl sites for hydroxylation is 1. The van der Waals surface area contributed by atoms with Crippen LogP contribution >= 0.6 is 0 Å². The molecule has 0 fully saturated rings. The average Bonchev–Trinajstić information content (AvgIpc) is 2.74. The Labute approximate surface area is 190 Å². The number of benzene rings is 3. The van der Waals surface area contributed by atoms with Gasteiger partial charge in [0.25, 0.3) is 0 Å². The molecule has 0 saturated heterocycles. The second kappa shape index (κ2) is 8.62. The number of amides is 1. The van der Waals surface area contributed by atoms with Gasteiger partial charge in [0.2, 0.25) is 0 Å². The SMILES string of the molecule is Cc1ccc([As]c2cccc3c2CCN(S(C)(=O)=O)C3)cc1-c1ccc(C(N)=O)cc1. The van der Waals surface area contributed by atoms with Crippen LogP contribution in [0.25, 0.3) is 11.1 Å². The normalized spacial score (nSPS) is 14.6. The van der Waals surface area contributed by atoms with E-state index in [1.807, 2.05) is 24.3 Å². The Balaban J connectivity index is 1.63. The van der Waals surface area contributed by atoms with Crippen molar-refractivity contribution in [3.8, 4) is 11.1 Å². The molecule has 0 atom stereocenters. The molecule has 0 bridgehead atoms. The van der Waals surface area contributed by atoms with Crippen LogP contribution in [0, 0.1) is 6.92 Å². The Bertz CT molecular complexity index is 1250. The summed E-state index contributed by atoms with van der Waals surface area (Å²) in [5.41, 5.74) is 11.7. The van der Waals surface area contributed by atoms with Crippen LogP contribution in [-0.4, -0.2) is 47.2 Å². The zero-order valence-corrected chi connectivity index (χ0v) is 20.2. The van der Waals surface area contributed by atoms with Crippen molar-refractivity contribution in [3.05, 3.63) is 82.9 Å². The number of sulfonamides is 1. The number of rotatable bonds is 5. The Morgan fingerprint density at radius 3 is 2.48 bits per heavy atom. The molecule has 1 aliphatic heterocycles. The van der Waals surface area contributed by atoms with E-state index in [9.17, 15) is 13.2 Å². The van der Waals surface area contributed by atoms with Crippen LogP contribution in [0.3, 0.4) is 0 Å². The molecule has 1 amide bonds. The molecule has 5 nitrogen and oxygen atoms in total. The third-order valence-corrected chi connectivity index (χ3v) is 9.39. The van der Waals surface area contributed by atoms with E-state index >= 15 is 0 Å². The molecule has 3 aromatic carbocycles. The van der Waals surface area contributed by atoms with E-state index in [1.165, 1.54) is 26.1 Å². The summed E-state index contributed by atoms with van der Waals surface area (Å²) < 4.78 is 28.1. The minimum absolute atomic E-state index is 0.235. The zero-order chi connectivity index (χ0) is 22.2. The first-order valence-corrected chi connectivity index (χ1v) is 13.7. The summed E-state index contributed by atoms with van der Waals surface area (Å²) in [5, 5.41) is 0. The number of nitrogens with zero attached hydrogens (tertiary/aromatic N) is 1. The van der Waals surface area contributed by atoms with Gasteiger partial charge in [0.15, 0.2) is 0 Å². The first-order chi connectivity index (χ1) is 14.7. The van der Waals surface area contributed by atoms with Crippen molar-refractivity contribution < 1.29 is 13.2 Å². The standard InChI is InChI=1S/C24H24AsN2O3S/c1-16-6-11-20(14-22(16)17-7-9-18(10-8-17)24(26)28)25-23-5-3-4-19-15-27(31(2,29)30)13-12-21(19)23/h3-11,14H,12-13,15H2,1-2H3,(H2,26,28). The first-order valence-electron chi connectivity index (χ1n) is 10.0. The quantitative estimate of drug-likeness (QED) is 0.548. The number of hydrogen-bond donors (Lipinski definition) is 1. The van der Waals surface area contributed by atoms with Gasteiger partial charge < -0.3 is 0 Å². The van der Waals surface area contributed by atoms with Gasteiger partial charge in [0.05, 0.1) is 0 Å². The first kappa shape index (κ1) is 21.8. The number of fused-ring (bicyclic) bond motifs is 1. The molecule has 7 heteroatoms. The molecule has 31 heavy (non-hydrogen) atoms. The Morgan fingerprint density at radius 1 is 1.06 bits per heavy atom. The van der Waals surface area contributed by atoms with Gasteiger partial charge in [0.1, 0.15) is 0 Å². The van der Waals surface area contributed by atoms with Crippen LogP contribution in [0.4, 0.5) is 0 Å². The average molecular weight is 495 g/mol. The molecule has 1 radical (unpaired) electrons. The predicted molar refractivity (Wildman–Crippen MR) is 126 cm³/mol. The van der Waals surface area contributed by atoms with Crippen LogP contribution in [-0.2, 0) is 23.0 Å². The zero-order valence-electron chi connectivity index (χ0n) is 17.5. The van der Waals surface area contributed by atoms with E-state index in [0.29, 0.717) is 18.7 Å². The molecule has 1 aliphatic rings. The summed E-state index contributed by atoms with van der Waals surface area (Å²) in [6.45, 7) is 3.07. The number of hydrogen-bond acceptors (Lipinski definition) is 3. The number of primary amides is 1. The van der Waals surface area contributed by atoms with Crippen LogP contribution in [0.2, 0.25) is 0 Å². The molecule has 3 aromatic rings. The topological polar surface area (TPSA) is 80.5 Å². The van der Waals surface area contributed by atoms with Gasteiger partial charge in [-0.3, -0.25) is 0 Å². The molecule has 0 unspecified atom stereocenters. The van der Waals surface area contributed by atoms with Gasteiger partial charge in [0, 0.05) is 0 Å². The molecular weight excluding hydrogens is 471 g/mol. The van der Waals surface area contributed by atoms with E-state index in [-0.39, 0.29) is 15.8 Å². The van der Waals surface area contributed by atoms with Crippen molar-refractivity contribution in [1.29, 1.82) is 0 Å². The van der Waals surface area contributed by atoms with Crippen LogP contribution in [0.1, 0.15) is 27.0 Å². The maximum atomic E-state index is 11.9. The molecule has 0 aromatic heterocycles. The number of carbonyl (C=O) groups is 1. The summed E-state index contributed by atoms with van der Waals surface area (Å²) in [6, 6.07) is 20.2. The predicted octanol–water partition coefficient (Wildman–Crippen LogP) is 1.73. The van der Waals surface area contributed by atoms with E-state index < -0.39 is 15.9 Å². The van der Waals surface area contributed by atoms with E-state index in [0.717, 1.165) is 23.1 Å². The van der Waals surface area contributed by atoms with Crippen LogP contribution in [0.15, 0.2) is 60.7 Å². The fourth-order valence-electron chi connectivity index (χ4n) is 3.89. The van der Waals surface area contributed by atoms with Crippen molar-refractivity contribution in [1.82, 2.24) is 4.31 Å². The summed E-state index contributed by atoms with van der Waals surface area (Å²) in [7, 11) is -3.18. The minimum atomic E-state index is -3.18. The molecule has 4 rings (SSSR count). The van der Waals surface area contributed by atoms with E-state index in [2.05, 4.69) is 31.2 Å². The molecule has 159 valence electrons. The van der Waals surface area contributed by atoms with Crippen LogP contribution in [0.5, 0.6) is 0 Å². The fraction of sp³-hybridized carbons (Fsp3) is 0.208. The third kappa shape index (κ3) is 4.77. The molecule has 0 spiro atoms. The van der Waals surface area contributed by atoms with Crippen molar-refractivity contribution in [2.75, 3.05) is 12.8 Å². The summed E-state index contributed by atoms with van der Waals surface area (Å²) in [5.74, 6) is -0.426. The maximum absolute atomic E-state index is 11.9. The van der Waals surface area contributed by atoms with Gasteiger partial charge in [-0.1, -0.05) is 0 Å². The van der Waals surface area contributed by atoms with Gasteiger partial charge in [-0.05, 0) is 0 Å². The summed E-state index contributed by atoms with van der Waals surface area (Å²) >= 11 is -0.235. The van der Waals surface area contributed by atoms with Gasteiger partial charge in [-0.2, -0.15) is 0 Å². The number of carbonyl (C=O) groups excluding carboxylic acids is 1. The summed E-state index contributed by atoms with van der Waals surface area (Å²) in [4.78, 5) is 11.4. The molecular formula is C24H24AsN2O3S. The molecule has 0 saturated carbocycles. The van der Waals surface area contributed by atoms with E-state index in [4.69, 9.17) is 5.73 Å². The fourth-order valence-corrected chi connectivity index (χ4v) is 7.15. The Kier molecular flexibility index (Phi) is 6.06. The van der Waals surface area contributed by atoms with Crippen molar-refractivity contribution in [3.63, 3.8) is 0 Å². The second-order valence-electron chi connectivity index (χ2n) is 7.81. The van der Waals surface area contributed by atoms with Crippen molar-refractivity contribution >= 4 is 40.4 Å². The Morgan fingerprint density at radius 2 is 1.81 bits per heavy atom.